The Kier molecular flexibility index (Phi) is 4.88. The lowest BCUT2D eigenvalue weighted by molar-refractivity contribution is 0.0747. The van der Waals surface area contributed by atoms with Crippen LogP contribution in [0.3, 0.4) is 0 Å². The first kappa shape index (κ1) is 16.8. The summed E-state index contributed by atoms with van der Waals surface area (Å²) in [7, 11) is 0. The van der Waals surface area contributed by atoms with Crippen molar-refractivity contribution in [1.82, 2.24) is 4.90 Å². The number of hydrogen-bond donors (Lipinski definition) is 2. The van der Waals surface area contributed by atoms with Crippen molar-refractivity contribution in [3.8, 4) is 0 Å². The van der Waals surface area contributed by atoms with E-state index in [2.05, 4.69) is 41.4 Å². The highest BCUT2D eigenvalue weighted by molar-refractivity contribution is 5.95. The van der Waals surface area contributed by atoms with Gasteiger partial charge >= 0.3 is 6.03 Å². The first-order chi connectivity index (χ1) is 12.0. The first-order valence-corrected chi connectivity index (χ1v) is 8.30. The molecule has 1 heterocycles. The molecule has 6 nitrogen and oxygen atoms in total. The average Bonchev–Trinajstić information content (AvgIpc) is 2.61. The summed E-state index contributed by atoms with van der Waals surface area (Å²) in [6, 6.07) is 14.6. The number of piperazine rings is 1. The Morgan fingerprint density at radius 3 is 2.28 bits per heavy atom. The lowest BCUT2D eigenvalue weighted by Gasteiger charge is -2.36. The standard InChI is InChI=1S/C19H22N4O2/c1-14-3-2-4-17(13-14)22-9-11-23(12-10-22)18(24)15-5-7-16(8-6-15)21-19(20)25/h2-8,13H,9-12H2,1H3,(H3,20,21,25). The molecule has 3 N–H and O–H groups in total. The van der Waals surface area contributed by atoms with Gasteiger partial charge in [0.15, 0.2) is 0 Å². The van der Waals surface area contributed by atoms with E-state index >= 15 is 0 Å². The number of aryl methyl sites for hydroxylation is 1. The van der Waals surface area contributed by atoms with Crippen molar-refractivity contribution < 1.29 is 9.59 Å². The smallest absolute Gasteiger partial charge is 0.316 e. The van der Waals surface area contributed by atoms with Crippen LogP contribution in [0.25, 0.3) is 0 Å². The Balaban J connectivity index is 1.60. The summed E-state index contributed by atoms with van der Waals surface area (Å²) >= 11 is 0. The maximum absolute atomic E-state index is 12.6. The van der Waals surface area contributed by atoms with Gasteiger partial charge in [0, 0.05) is 43.1 Å². The van der Waals surface area contributed by atoms with Crippen molar-refractivity contribution in [2.24, 2.45) is 5.73 Å². The molecular weight excluding hydrogens is 316 g/mol. The molecule has 1 aliphatic heterocycles. The number of nitrogens with zero attached hydrogens (tertiary/aromatic N) is 2. The molecular formula is C19H22N4O2. The lowest BCUT2D eigenvalue weighted by Crippen LogP contribution is -2.48. The van der Waals surface area contributed by atoms with E-state index in [4.69, 9.17) is 5.73 Å². The molecule has 0 radical (unpaired) electrons. The topological polar surface area (TPSA) is 78.7 Å². The number of rotatable bonds is 3. The Bertz CT molecular complexity index is 765. The number of amides is 3. The maximum Gasteiger partial charge on any atom is 0.316 e. The second-order valence-electron chi connectivity index (χ2n) is 6.18. The van der Waals surface area contributed by atoms with Crippen LogP contribution in [0.4, 0.5) is 16.2 Å². The minimum absolute atomic E-state index is 0.00881. The summed E-state index contributed by atoms with van der Waals surface area (Å²) in [5.41, 5.74) is 8.71. The predicted molar refractivity (Wildman–Crippen MR) is 98.9 cm³/mol. The van der Waals surface area contributed by atoms with Crippen LogP contribution >= 0.6 is 0 Å². The van der Waals surface area contributed by atoms with Crippen LogP contribution in [0.5, 0.6) is 0 Å². The van der Waals surface area contributed by atoms with Crippen molar-refractivity contribution in [2.75, 3.05) is 36.4 Å². The van der Waals surface area contributed by atoms with E-state index in [9.17, 15) is 9.59 Å². The molecule has 0 unspecified atom stereocenters. The lowest BCUT2D eigenvalue weighted by atomic mass is 10.1. The van der Waals surface area contributed by atoms with Gasteiger partial charge in [0.1, 0.15) is 0 Å². The van der Waals surface area contributed by atoms with Gasteiger partial charge in [0.05, 0.1) is 0 Å². The summed E-state index contributed by atoms with van der Waals surface area (Å²) in [5.74, 6) is 0.00881. The largest absolute Gasteiger partial charge is 0.368 e. The second-order valence-corrected chi connectivity index (χ2v) is 6.18. The van der Waals surface area contributed by atoms with Gasteiger partial charge in [-0.1, -0.05) is 12.1 Å². The number of primary amides is 1. The van der Waals surface area contributed by atoms with Crippen molar-refractivity contribution in [3.63, 3.8) is 0 Å². The monoisotopic (exact) mass is 338 g/mol. The van der Waals surface area contributed by atoms with E-state index in [0.29, 0.717) is 24.3 Å². The van der Waals surface area contributed by atoms with Gasteiger partial charge in [0.25, 0.3) is 5.91 Å². The SMILES string of the molecule is Cc1cccc(N2CCN(C(=O)c3ccc(NC(N)=O)cc3)CC2)c1. The highest BCUT2D eigenvalue weighted by atomic mass is 16.2. The molecule has 0 spiro atoms. The molecule has 2 aromatic rings. The molecule has 0 bridgehead atoms. The van der Waals surface area contributed by atoms with Crippen LogP contribution in [-0.4, -0.2) is 43.0 Å². The van der Waals surface area contributed by atoms with Crippen LogP contribution in [-0.2, 0) is 0 Å². The number of hydrogen-bond acceptors (Lipinski definition) is 3. The Labute approximate surface area is 147 Å². The van der Waals surface area contributed by atoms with Crippen LogP contribution in [0.1, 0.15) is 15.9 Å². The predicted octanol–water partition coefficient (Wildman–Crippen LogP) is 2.45. The zero-order chi connectivity index (χ0) is 17.8. The second kappa shape index (κ2) is 7.25. The maximum atomic E-state index is 12.6. The van der Waals surface area contributed by atoms with Crippen molar-refractivity contribution in [2.45, 2.75) is 6.92 Å². The molecule has 0 aromatic heterocycles. The number of anilines is 2. The fraction of sp³-hybridized carbons (Fsp3) is 0.263. The van der Waals surface area contributed by atoms with Crippen LogP contribution in [0, 0.1) is 6.92 Å². The highest BCUT2D eigenvalue weighted by Gasteiger charge is 2.22. The third-order valence-electron chi connectivity index (χ3n) is 4.33. The minimum atomic E-state index is -0.619. The third kappa shape index (κ3) is 4.09. The number of carbonyl (C=O) groups is 2. The van der Waals surface area contributed by atoms with Crippen LogP contribution in [0.15, 0.2) is 48.5 Å². The molecule has 0 saturated carbocycles. The van der Waals surface area contributed by atoms with Gasteiger partial charge in [-0.25, -0.2) is 4.79 Å². The zero-order valence-corrected chi connectivity index (χ0v) is 14.2. The van der Waals surface area contributed by atoms with E-state index in [0.717, 1.165) is 13.1 Å². The molecule has 6 heteroatoms. The van der Waals surface area contributed by atoms with Gasteiger partial charge in [-0.05, 0) is 48.9 Å². The molecule has 25 heavy (non-hydrogen) atoms. The molecule has 3 amide bonds. The number of benzene rings is 2. The summed E-state index contributed by atoms with van der Waals surface area (Å²) in [6.45, 7) is 5.09. The number of carbonyl (C=O) groups excluding carboxylic acids is 2. The number of nitrogens with one attached hydrogen (secondary N) is 1. The van der Waals surface area contributed by atoms with E-state index in [1.54, 1.807) is 24.3 Å². The number of urea groups is 1. The third-order valence-corrected chi connectivity index (χ3v) is 4.33. The number of nitrogens with two attached hydrogens (primary N) is 1. The Morgan fingerprint density at radius 1 is 1.00 bits per heavy atom. The summed E-state index contributed by atoms with van der Waals surface area (Å²) < 4.78 is 0. The van der Waals surface area contributed by atoms with E-state index in [1.165, 1.54) is 11.3 Å². The fourth-order valence-corrected chi connectivity index (χ4v) is 3.01. The van der Waals surface area contributed by atoms with Gasteiger partial charge in [0.2, 0.25) is 0 Å². The Morgan fingerprint density at radius 2 is 1.68 bits per heavy atom. The quantitative estimate of drug-likeness (QED) is 0.902. The molecule has 3 rings (SSSR count). The normalized spacial score (nSPS) is 14.3. The van der Waals surface area contributed by atoms with Crippen molar-refractivity contribution >= 4 is 23.3 Å². The van der Waals surface area contributed by atoms with Gasteiger partial charge in [-0.3, -0.25) is 4.79 Å². The summed E-state index contributed by atoms with van der Waals surface area (Å²) in [6.07, 6.45) is 0. The Hall–Kier alpha value is -3.02. The molecule has 1 saturated heterocycles. The summed E-state index contributed by atoms with van der Waals surface area (Å²) in [4.78, 5) is 27.6. The minimum Gasteiger partial charge on any atom is -0.368 e. The van der Waals surface area contributed by atoms with Gasteiger partial charge in [-0.2, -0.15) is 0 Å². The molecule has 130 valence electrons. The molecule has 1 aliphatic rings. The molecule has 0 atom stereocenters. The summed E-state index contributed by atoms with van der Waals surface area (Å²) in [5, 5.41) is 2.49. The highest BCUT2D eigenvalue weighted by Crippen LogP contribution is 2.19. The van der Waals surface area contributed by atoms with Crippen molar-refractivity contribution in [3.05, 3.63) is 59.7 Å². The van der Waals surface area contributed by atoms with Crippen LogP contribution in [0.2, 0.25) is 0 Å². The van der Waals surface area contributed by atoms with Crippen LogP contribution < -0.4 is 16.0 Å². The fourth-order valence-electron chi connectivity index (χ4n) is 3.01. The molecule has 0 aliphatic carbocycles. The van der Waals surface area contributed by atoms with Crippen molar-refractivity contribution in [1.29, 1.82) is 0 Å². The molecule has 2 aromatic carbocycles. The first-order valence-electron chi connectivity index (χ1n) is 8.30. The van der Waals surface area contributed by atoms with E-state index in [1.807, 2.05) is 4.90 Å². The molecule has 1 fully saturated rings. The van der Waals surface area contributed by atoms with Gasteiger partial charge in [-0.15, -0.1) is 0 Å². The van der Waals surface area contributed by atoms with E-state index in [-0.39, 0.29) is 5.91 Å². The zero-order valence-electron chi connectivity index (χ0n) is 14.2. The van der Waals surface area contributed by atoms with E-state index < -0.39 is 6.03 Å². The van der Waals surface area contributed by atoms with Gasteiger partial charge < -0.3 is 20.9 Å². The average molecular weight is 338 g/mol.